The van der Waals surface area contributed by atoms with Gasteiger partial charge in [0, 0.05) is 19.6 Å². The monoisotopic (exact) mass is 434 g/mol. The van der Waals surface area contributed by atoms with Gasteiger partial charge in [-0.25, -0.2) is 17.9 Å². The van der Waals surface area contributed by atoms with Crippen molar-refractivity contribution in [2.45, 2.75) is 43.4 Å². The van der Waals surface area contributed by atoms with E-state index in [1.807, 2.05) is 0 Å². The third-order valence-electron chi connectivity index (χ3n) is 5.52. The minimum Gasteiger partial charge on any atom is -0.468 e. The SMILES string of the molecule is Cc1ccc(S(=O)(=O)NCc2ccco2)cc1C(=O)OCCN1C[C@H]2CC[C@@H](C1)O2. The van der Waals surface area contributed by atoms with Gasteiger partial charge in [0.05, 0.1) is 35.5 Å². The topological polar surface area (TPSA) is 98.1 Å². The molecular formula is C21H26N2O6S. The average molecular weight is 435 g/mol. The molecule has 4 rings (SSSR count). The molecule has 0 radical (unpaired) electrons. The second-order valence-corrected chi connectivity index (χ2v) is 9.50. The van der Waals surface area contributed by atoms with E-state index in [4.69, 9.17) is 13.9 Å². The van der Waals surface area contributed by atoms with E-state index in [2.05, 4.69) is 9.62 Å². The Labute approximate surface area is 176 Å². The summed E-state index contributed by atoms with van der Waals surface area (Å²) >= 11 is 0. The molecule has 3 heterocycles. The normalized spacial score (nSPS) is 21.6. The van der Waals surface area contributed by atoms with Crippen LogP contribution in [0.25, 0.3) is 0 Å². The second-order valence-electron chi connectivity index (χ2n) is 7.73. The molecule has 8 nitrogen and oxygen atoms in total. The van der Waals surface area contributed by atoms with Gasteiger partial charge in [-0.05, 0) is 49.6 Å². The van der Waals surface area contributed by atoms with Crippen LogP contribution in [0.5, 0.6) is 0 Å². The number of nitrogens with zero attached hydrogens (tertiary/aromatic N) is 1. The fourth-order valence-electron chi connectivity index (χ4n) is 3.88. The number of hydrogen-bond acceptors (Lipinski definition) is 7. The number of carbonyl (C=O) groups is 1. The van der Waals surface area contributed by atoms with Crippen LogP contribution < -0.4 is 4.72 Å². The predicted octanol–water partition coefficient (Wildman–Crippen LogP) is 2.09. The Balaban J connectivity index is 1.35. The summed E-state index contributed by atoms with van der Waals surface area (Å²) in [4.78, 5) is 14.8. The van der Waals surface area contributed by atoms with Crippen LogP contribution in [-0.2, 0) is 26.0 Å². The summed E-state index contributed by atoms with van der Waals surface area (Å²) in [7, 11) is -3.79. The van der Waals surface area contributed by atoms with Crippen LogP contribution in [0, 0.1) is 6.92 Å². The smallest absolute Gasteiger partial charge is 0.338 e. The van der Waals surface area contributed by atoms with Gasteiger partial charge in [0.15, 0.2) is 0 Å². The maximum Gasteiger partial charge on any atom is 0.338 e. The fourth-order valence-corrected chi connectivity index (χ4v) is 4.90. The van der Waals surface area contributed by atoms with Crippen molar-refractivity contribution in [3.63, 3.8) is 0 Å². The van der Waals surface area contributed by atoms with E-state index in [0.29, 0.717) is 17.9 Å². The highest BCUT2D eigenvalue weighted by molar-refractivity contribution is 7.89. The first-order chi connectivity index (χ1) is 14.4. The predicted molar refractivity (Wildman–Crippen MR) is 109 cm³/mol. The first-order valence-electron chi connectivity index (χ1n) is 10.1. The molecule has 2 fully saturated rings. The maximum absolute atomic E-state index is 12.6. The van der Waals surface area contributed by atoms with Crippen LogP contribution in [-0.4, -0.2) is 57.7 Å². The molecule has 9 heteroatoms. The number of furan rings is 1. The zero-order valence-electron chi connectivity index (χ0n) is 16.9. The third kappa shape index (κ3) is 4.92. The van der Waals surface area contributed by atoms with Gasteiger partial charge < -0.3 is 13.9 Å². The van der Waals surface area contributed by atoms with Crippen LogP contribution in [0.1, 0.15) is 34.5 Å². The fraction of sp³-hybridized carbons (Fsp3) is 0.476. The molecule has 30 heavy (non-hydrogen) atoms. The maximum atomic E-state index is 12.6. The largest absolute Gasteiger partial charge is 0.468 e. The van der Waals surface area contributed by atoms with Gasteiger partial charge in [0.2, 0.25) is 10.0 Å². The summed E-state index contributed by atoms with van der Waals surface area (Å²) in [6.07, 6.45) is 4.24. The third-order valence-corrected chi connectivity index (χ3v) is 6.91. The summed E-state index contributed by atoms with van der Waals surface area (Å²) in [5.74, 6) is -0.0197. The number of likely N-dealkylation sites (tertiary alicyclic amines) is 1. The first-order valence-corrected chi connectivity index (χ1v) is 11.6. The number of esters is 1. The molecule has 0 spiro atoms. The summed E-state index contributed by atoms with van der Waals surface area (Å²) < 4.78 is 44.0. The quantitative estimate of drug-likeness (QED) is 0.635. The van der Waals surface area contributed by atoms with Crippen LogP contribution in [0.3, 0.4) is 0 Å². The van der Waals surface area contributed by atoms with Gasteiger partial charge in [-0.1, -0.05) is 6.07 Å². The van der Waals surface area contributed by atoms with E-state index in [0.717, 1.165) is 25.9 Å². The molecule has 0 amide bonds. The lowest BCUT2D eigenvalue weighted by Gasteiger charge is -2.31. The molecule has 0 saturated carbocycles. The second kappa shape index (κ2) is 8.89. The number of nitrogens with one attached hydrogen (secondary N) is 1. The molecule has 1 aromatic carbocycles. The standard InChI is InChI=1S/C21H26N2O6S/c1-15-4-7-19(30(25,26)22-12-16-3-2-9-27-16)11-20(15)21(24)28-10-8-23-13-17-5-6-18(14-23)29-17/h2-4,7,9,11,17-18,22H,5-6,8,10,12-14H2,1H3/t17-,18+. The van der Waals surface area contributed by atoms with Gasteiger partial charge in [0.25, 0.3) is 0 Å². The van der Waals surface area contributed by atoms with E-state index in [1.165, 1.54) is 18.4 Å². The van der Waals surface area contributed by atoms with Gasteiger partial charge in [-0.15, -0.1) is 0 Å². The highest BCUT2D eigenvalue weighted by Gasteiger charge is 2.33. The van der Waals surface area contributed by atoms with E-state index in [-0.39, 0.29) is 35.8 Å². The molecule has 0 unspecified atom stereocenters. The van der Waals surface area contributed by atoms with Gasteiger partial charge >= 0.3 is 5.97 Å². The Hall–Kier alpha value is -2.20. The highest BCUT2D eigenvalue weighted by atomic mass is 32.2. The van der Waals surface area contributed by atoms with Gasteiger partial charge in [-0.2, -0.15) is 0 Å². The zero-order valence-corrected chi connectivity index (χ0v) is 17.7. The summed E-state index contributed by atoms with van der Waals surface area (Å²) in [5.41, 5.74) is 0.910. The number of rotatable bonds is 8. The van der Waals surface area contributed by atoms with Crippen molar-refractivity contribution in [3.8, 4) is 0 Å². The van der Waals surface area contributed by atoms with Crippen molar-refractivity contribution in [2.75, 3.05) is 26.2 Å². The summed E-state index contributed by atoms with van der Waals surface area (Å²) in [6.45, 7) is 4.41. The number of morpholine rings is 1. The number of sulfonamides is 1. The van der Waals surface area contributed by atoms with Crippen LogP contribution in [0.4, 0.5) is 0 Å². The molecule has 0 aliphatic carbocycles. The van der Waals surface area contributed by atoms with Crippen molar-refractivity contribution in [1.29, 1.82) is 0 Å². The molecule has 2 aliphatic heterocycles. The number of carbonyl (C=O) groups excluding carboxylic acids is 1. The minimum atomic E-state index is -3.79. The first kappa shape index (κ1) is 21.0. The van der Waals surface area contributed by atoms with E-state index in [9.17, 15) is 13.2 Å². The van der Waals surface area contributed by atoms with E-state index >= 15 is 0 Å². The molecule has 2 bridgehead atoms. The minimum absolute atomic E-state index is 0.0105. The van der Waals surface area contributed by atoms with E-state index < -0.39 is 16.0 Å². The molecule has 1 N–H and O–H groups in total. The van der Waals surface area contributed by atoms with E-state index in [1.54, 1.807) is 25.1 Å². The number of aryl methyl sites for hydroxylation is 1. The summed E-state index contributed by atoms with van der Waals surface area (Å²) in [6, 6.07) is 7.81. The van der Waals surface area contributed by atoms with Crippen LogP contribution in [0.15, 0.2) is 45.9 Å². The Morgan fingerprint density at radius 1 is 1.23 bits per heavy atom. The molecule has 2 atom stereocenters. The number of hydrogen-bond donors (Lipinski definition) is 1. The lowest BCUT2D eigenvalue weighted by Crippen LogP contribution is -2.44. The van der Waals surface area contributed by atoms with Crippen molar-refractivity contribution >= 4 is 16.0 Å². The highest BCUT2D eigenvalue weighted by Crippen LogP contribution is 2.26. The van der Waals surface area contributed by atoms with Crippen molar-refractivity contribution in [3.05, 3.63) is 53.5 Å². The summed E-state index contributed by atoms with van der Waals surface area (Å²) in [5, 5.41) is 0. The molecule has 2 aromatic rings. The van der Waals surface area contributed by atoms with Crippen molar-refractivity contribution in [1.82, 2.24) is 9.62 Å². The van der Waals surface area contributed by atoms with Crippen molar-refractivity contribution < 1.29 is 27.1 Å². The van der Waals surface area contributed by atoms with Crippen LogP contribution in [0.2, 0.25) is 0 Å². The molecule has 2 aliphatic rings. The lowest BCUT2D eigenvalue weighted by atomic mass is 10.1. The Kier molecular flexibility index (Phi) is 6.24. The number of benzene rings is 1. The lowest BCUT2D eigenvalue weighted by molar-refractivity contribution is -0.0431. The van der Waals surface area contributed by atoms with Gasteiger partial charge in [-0.3, -0.25) is 4.90 Å². The Morgan fingerprint density at radius 2 is 2.00 bits per heavy atom. The Bertz CT molecular complexity index is 977. The molecule has 2 saturated heterocycles. The molecule has 1 aromatic heterocycles. The number of ether oxygens (including phenoxy) is 2. The Morgan fingerprint density at radius 3 is 2.70 bits per heavy atom. The van der Waals surface area contributed by atoms with Crippen molar-refractivity contribution in [2.24, 2.45) is 0 Å². The van der Waals surface area contributed by atoms with Gasteiger partial charge in [0.1, 0.15) is 12.4 Å². The zero-order chi connectivity index (χ0) is 21.1. The molecular weight excluding hydrogens is 408 g/mol. The molecule has 162 valence electrons. The number of fused-ring (bicyclic) bond motifs is 2. The average Bonchev–Trinajstić information content (AvgIpc) is 3.36. The van der Waals surface area contributed by atoms with Crippen LogP contribution >= 0.6 is 0 Å².